The molecule has 0 aromatic carbocycles. The molecule has 1 heterocycles. The fraction of sp³-hybridized carbons (Fsp3) is 0.421. The second kappa shape index (κ2) is 7.48. The monoisotopic (exact) mass is 303 g/mol. The minimum absolute atomic E-state index is 0.0853. The Bertz CT molecular complexity index is 585. The van der Waals surface area contributed by atoms with Crippen LogP contribution in [0, 0.1) is 17.8 Å². The van der Waals surface area contributed by atoms with E-state index in [9.17, 15) is 8.78 Å². The second-order valence-electron chi connectivity index (χ2n) is 6.04. The number of nitrogens with zero attached hydrogens (tertiary/aromatic N) is 1. The van der Waals surface area contributed by atoms with Gasteiger partial charge in [-0.1, -0.05) is 39.0 Å². The minimum atomic E-state index is -0.497. The molecule has 0 bridgehead atoms. The van der Waals surface area contributed by atoms with Crippen molar-refractivity contribution in [2.24, 2.45) is 17.8 Å². The molecule has 1 aromatic rings. The Kier molecular flexibility index (Phi) is 5.64. The molecule has 1 aromatic heterocycles. The number of halogens is 2. The molecule has 0 amide bonds. The number of aromatic nitrogens is 1. The fourth-order valence-electron chi connectivity index (χ4n) is 3.04. The zero-order valence-corrected chi connectivity index (χ0v) is 13.4. The van der Waals surface area contributed by atoms with Gasteiger partial charge in [-0.15, -0.1) is 0 Å². The highest BCUT2D eigenvalue weighted by atomic mass is 19.1. The molecule has 2 unspecified atom stereocenters. The first-order chi connectivity index (χ1) is 10.5. The van der Waals surface area contributed by atoms with E-state index in [0.717, 1.165) is 12.5 Å². The molecule has 22 heavy (non-hydrogen) atoms. The first-order valence-corrected chi connectivity index (χ1v) is 7.88. The summed E-state index contributed by atoms with van der Waals surface area (Å²) in [5.41, 5.74) is 1.13. The molecule has 0 radical (unpaired) electrons. The van der Waals surface area contributed by atoms with Crippen molar-refractivity contribution in [1.82, 2.24) is 4.98 Å². The van der Waals surface area contributed by atoms with E-state index in [1.54, 1.807) is 18.3 Å². The molecule has 0 N–H and O–H groups in total. The Labute approximate surface area is 131 Å². The van der Waals surface area contributed by atoms with Crippen LogP contribution in [0.5, 0.6) is 0 Å². The van der Waals surface area contributed by atoms with Gasteiger partial charge in [0.1, 0.15) is 11.7 Å². The minimum Gasteiger partial charge on any atom is -0.256 e. The molecule has 0 saturated carbocycles. The van der Waals surface area contributed by atoms with Gasteiger partial charge in [0.2, 0.25) is 0 Å². The van der Waals surface area contributed by atoms with Gasteiger partial charge >= 0.3 is 0 Å². The van der Waals surface area contributed by atoms with Crippen LogP contribution in [0.3, 0.4) is 0 Å². The maximum absolute atomic E-state index is 14.5. The molecule has 1 aliphatic rings. The van der Waals surface area contributed by atoms with Crippen molar-refractivity contribution in [1.29, 1.82) is 0 Å². The summed E-state index contributed by atoms with van der Waals surface area (Å²) in [7, 11) is 0. The lowest BCUT2D eigenvalue weighted by molar-refractivity contribution is 0.344. The third kappa shape index (κ3) is 3.70. The molecule has 0 saturated heterocycles. The van der Waals surface area contributed by atoms with E-state index in [1.807, 2.05) is 6.07 Å². The molecule has 3 heteroatoms. The largest absolute Gasteiger partial charge is 0.256 e. The summed E-state index contributed by atoms with van der Waals surface area (Å²) in [6.45, 7) is 6.25. The average Bonchev–Trinajstić information content (AvgIpc) is 2.47. The van der Waals surface area contributed by atoms with Crippen LogP contribution < -0.4 is 0 Å². The van der Waals surface area contributed by atoms with Crippen LogP contribution in [0.25, 0.3) is 5.57 Å². The van der Waals surface area contributed by atoms with Crippen molar-refractivity contribution >= 4 is 5.57 Å². The molecule has 2 atom stereocenters. The second-order valence-corrected chi connectivity index (χ2v) is 6.04. The van der Waals surface area contributed by atoms with Crippen LogP contribution in [0.2, 0.25) is 0 Å². The van der Waals surface area contributed by atoms with E-state index in [2.05, 4.69) is 37.9 Å². The van der Waals surface area contributed by atoms with Gasteiger partial charge in [-0.05, 0) is 30.4 Å². The maximum Gasteiger partial charge on any atom is 0.131 e. The molecular formula is C19H23F2N. The van der Waals surface area contributed by atoms with Gasteiger partial charge in [0.25, 0.3) is 0 Å². The zero-order chi connectivity index (χ0) is 16.1. The van der Waals surface area contributed by atoms with E-state index < -0.39 is 11.7 Å². The molecule has 118 valence electrons. The van der Waals surface area contributed by atoms with E-state index in [4.69, 9.17) is 0 Å². The van der Waals surface area contributed by atoms with Crippen molar-refractivity contribution in [3.8, 4) is 0 Å². The van der Waals surface area contributed by atoms with Gasteiger partial charge in [-0.25, -0.2) is 8.78 Å². The summed E-state index contributed by atoms with van der Waals surface area (Å²) < 4.78 is 28.3. The van der Waals surface area contributed by atoms with Gasteiger partial charge in [0.15, 0.2) is 0 Å². The van der Waals surface area contributed by atoms with Crippen molar-refractivity contribution in [3.05, 3.63) is 60.0 Å². The SMILES string of the molecule is CCC=CC(C(C)C)C1CC(F)=CC(F)=C1c1ccccn1. The summed E-state index contributed by atoms with van der Waals surface area (Å²) in [4.78, 5) is 4.28. The van der Waals surface area contributed by atoms with Crippen molar-refractivity contribution in [3.63, 3.8) is 0 Å². The number of hydrogen-bond donors (Lipinski definition) is 0. The first kappa shape index (κ1) is 16.6. The van der Waals surface area contributed by atoms with E-state index in [1.165, 1.54) is 0 Å². The molecule has 1 nitrogen and oxygen atoms in total. The Hall–Kier alpha value is -1.77. The summed E-state index contributed by atoms with van der Waals surface area (Å²) in [5, 5.41) is 0. The molecule has 2 rings (SSSR count). The van der Waals surface area contributed by atoms with Crippen LogP contribution in [-0.4, -0.2) is 4.98 Å². The standard InChI is InChI=1S/C19H23F2N/c1-4-5-8-15(13(2)3)16-11-14(20)12-17(21)19(16)18-9-6-7-10-22-18/h5-10,12-13,15-16H,4,11H2,1-3H3. The molecule has 1 aliphatic carbocycles. The number of allylic oxidation sites excluding steroid dienone is 6. The topological polar surface area (TPSA) is 12.9 Å². The van der Waals surface area contributed by atoms with E-state index in [0.29, 0.717) is 17.2 Å². The van der Waals surface area contributed by atoms with E-state index in [-0.39, 0.29) is 18.3 Å². The highest BCUT2D eigenvalue weighted by Crippen LogP contribution is 2.43. The molecule has 0 aliphatic heterocycles. The fourth-order valence-corrected chi connectivity index (χ4v) is 3.04. The van der Waals surface area contributed by atoms with Crippen LogP contribution in [0.1, 0.15) is 39.3 Å². The third-order valence-electron chi connectivity index (χ3n) is 4.10. The van der Waals surface area contributed by atoms with Gasteiger partial charge in [0.05, 0.1) is 5.69 Å². The predicted octanol–water partition coefficient (Wildman–Crippen LogP) is 5.87. The smallest absolute Gasteiger partial charge is 0.131 e. The van der Waals surface area contributed by atoms with Gasteiger partial charge in [-0.3, -0.25) is 4.98 Å². The lowest BCUT2D eigenvalue weighted by Gasteiger charge is -2.31. The van der Waals surface area contributed by atoms with Gasteiger partial charge in [0, 0.05) is 30.2 Å². The number of pyridine rings is 1. The van der Waals surface area contributed by atoms with Crippen LogP contribution in [-0.2, 0) is 0 Å². The van der Waals surface area contributed by atoms with Crippen LogP contribution in [0.15, 0.2) is 54.3 Å². The van der Waals surface area contributed by atoms with Crippen LogP contribution >= 0.6 is 0 Å². The first-order valence-electron chi connectivity index (χ1n) is 7.88. The van der Waals surface area contributed by atoms with Crippen molar-refractivity contribution < 1.29 is 8.78 Å². The third-order valence-corrected chi connectivity index (χ3v) is 4.10. The summed E-state index contributed by atoms with van der Waals surface area (Å²) >= 11 is 0. The molecular weight excluding hydrogens is 280 g/mol. The molecule has 0 spiro atoms. The lowest BCUT2D eigenvalue weighted by atomic mass is 9.73. The normalized spacial score (nSPS) is 20.6. The van der Waals surface area contributed by atoms with Crippen molar-refractivity contribution in [2.75, 3.05) is 0 Å². The summed E-state index contributed by atoms with van der Waals surface area (Å²) in [6.07, 6.45) is 7.98. The zero-order valence-electron chi connectivity index (χ0n) is 13.4. The number of hydrogen-bond acceptors (Lipinski definition) is 1. The number of rotatable bonds is 5. The van der Waals surface area contributed by atoms with Gasteiger partial charge < -0.3 is 0 Å². The van der Waals surface area contributed by atoms with E-state index >= 15 is 0 Å². The Morgan fingerprint density at radius 1 is 1.32 bits per heavy atom. The predicted molar refractivity (Wildman–Crippen MR) is 87.3 cm³/mol. The van der Waals surface area contributed by atoms with Gasteiger partial charge in [-0.2, -0.15) is 0 Å². The van der Waals surface area contributed by atoms with Crippen molar-refractivity contribution in [2.45, 2.75) is 33.6 Å². The highest BCUT2D eigenvalue weighted by molar-refractivity contribution is 5.71. The highest BCUT2D eigenvalue weighted by Gasteiger charge is 2.33. The summed E-state index contributed by atoms with van der Waals surface area (Å²) in [5.74, 6) is -0.726. The average molecular weight is 303 g/mol. The quantitative estimate of drug-likeness (QED) is 0.619. The maximum atomic E-state index is 14.5. The molecule has 0 fully saturated rings. The van der Waals surface area contributed by atoms with Crippen LogP contribution in [0.4, 0.5) is 8.78 Å². The summed E-state index contributed by atoms with van der Waals surface area (Å²) in [6, 6.07) is 5.42. The lowest BCUT2D eigenvalue weighted by Crippen LogP contribution is -2.23. The Balaban J connectivity index is 2.48. The Morgan fingerprint density at radius 2 is 2.09 bits per heavy atom. The Morgan fingerprint density at radius 3 is 2.68 bits per heavy atom.